The number of unbranched alkanes of at least 4 members (excludes halogenated alkanes) is 1. The molecule has 4 aromatic rings. The van der Waals surface area contributed by atoms with Crippen molar-refractivity contribution >= 4 is 28.4 Å². The monoisotopic (exact) mass is 408 g/mol. The minimum atomic E-state index is -0.0382. The van der Waals surface area contributed by atoms with Crippen molar-refractivity contribution in [2.45, 2.75) is 26.2 Å². The average molecular weight is 408 g/mol. The second kappa shape index (κ2) is 8.81. The van der Waals surface area contributed by atoms with Crippen LogP contribution in [0, 0.1) is 6.92 Å². The molecule has 0 atom stereocenters. The van der Waals surface area contributed by atoms with E-state index in [0.717, 1.165) is 35.4 Å². The number of benzene rings is 1. The van der Waals surface area contributed by atoms with E-state index in [1.54, 1.807) is 25.5 Å². The lowest BCUT2D eigenvalue weighted by Gasteiger charge is -2.11. The molecule has 1 amide bonds. The van der Waals surface area contributed by atoms with E-state index in [1.165, 1.54) is 0 Å². The minimum Gasteiger partial charge on any atom is -0.497 e. The van der Waals surface area contributed by atoms with Crippen LogP contribution in [0.3, 0.4) is 0 Å². The van der Waals surface area contributed by atoms with Crippen LogP contribution in [-0.4, -0.2) is 45.7 Å². The number of nitrogens with zero attached hydrogens (tertiary/aromatic N) is 4. The van der Waals surface area contributed by atoms with Crippen molar-refractivity contribution in [1.82, 2.24) is 24.9 Å². The van der Waals surface area contributed by atoms with Crippen LogP contribution in [0.15, 0.2) is 41.0 Å². The summed E-state index contributed by atoms with van der Waals surface area (Å²) in [7, 11) is 1.64. The Morgan fingerprint density at radius 3 is 2.87 bits per heavy atom. The van der Waals surface area contributed by atoms with Crippen LogP contribution in [0.25, 0.3) is 16.7 Å². The van der Waals surface area contributed by atoms with Gasteiger partial charge in [0.25, 0.3) is 0 Å². The van der Waals surface area contributed by atoms with E-state index in [1.807, 2.05) is 29.5 Å². The Balaban J connectivity index is 1.35. The van der Waals surface area contributed by atoms with E-state index < -0.39 is 0 Å². The smallest absolute Gasteiger partial charge is 0.227 e. The quantitative estimate of drug-likeness (QED) is 0.410. The lowest BCUT2D eigenvalue weighted by atomic mass is 10.2. The van der Waals surface area contributed by atoms with Gasteiger partial charge in [-0.2, -0.15) is 0 Å². The first-order valence-electron chi connectivity index (χ1n) is 9.88. The second-order valence-electron chi connectivity index (χ2n) is 6.96. The summed E-state index contributed by atoms with van der Waals surface area (Å²) >= 11 is 0. The number of fused-ring (bicyclic) bond motifs is 3. The Morgan fingerprint density at radius 2 is 2.07 bits per heavy atom. The molecule has 0 unspecified atom stereocenters. The van der Waals surface area contributed by atoms with Gasteiger partial charge in [-0.25, -0.2) is 4.98 Å². The first-order valence-corrected chi connectivity index (χ1v) is 9.88. The van der Waals surface area contributed by atoms with Crippen LogP contribution in [0.5, 0.6) is 5.75 Å². The highest BCUT2D eigenvalue weighted by molar-refractivity contribution is 5.84. The van der Waals surface area contributed by atoms with Gasteiger partial charge in [-0.15, -0.1) is 10.2 Å². The number of aryl methyl sites for hydroxylation is 1. The molecule has 9 nitrogen and oxygen atoms in total. The Hall–Kier alpha value is -3.62. The third-order valence-electron chi connectivity index (χ3n) is 4.83. The number of aromatic nitrogens is 4. The molecule has 0 fully saturated rings. The third-order valence-corrected chi connectivity index (χ3v) is 4.83. The van der Waals surface area contributed by atoms with Crippen LogP contribution in [0.4, 0.5) is 5.82 Å². The maximum absolute atomic E-state index is 11.9. The Labute approximate surface area is 173 Å². The number of ether oxygens (including phenoxy) is 1. The first-order chi connectivity index (χ1) is 14.7. The van der Waals surface area contributed by atoms with Gasteiger partial charge in [-0.05, 0) is 44.0 Å². The van der Waals surface area contributed by atoms with Crippen LogP contribution in [-0.2, 0) is 11.2 Å². The molecule has 0 saturated heterocycles. The Morgan fingerprint density at radius 1 is 1.20 bits per heavy atom. The van der Waals surface area contributed by atoms with E-state index >= 15 is 0 Å². The zero-order valence-electron chi connectivity index (χ0n) is 17.0. The van der Waals surface area contributed by atoms with Crippen molar-refractivity contribution in [1.29, 1.82) is 0 Å². The summed E-state index contributed by atoms with van der Waals surface area (Å²) in [6.07, 6.45) is 3.55. The van der Waals surface area contributed by atoms with Gasteiger partial charge < -0.3 is 19.8 Å². The summed E-state index contributed by atoms with van der Waals surface area (Å²) in [6, 6.07) is 9.32. The molecule has 2 N–H and O–H groups in total. The first kappa shape index (κ1) is 19.7. The predicted octanol–water partition coefficient (Wildman–Crippen LogP) is 2.74. The molecule has 0 spiro atoms. The largest absolute Gasteiger partial charge is 0.497 e. The summed E-state index contributed by atoms with van der Waals surface area (Å²) in [5.74, 6) is 2.85. The van der Waals surface area contributed by atoms with Gasteiger partial charge in [0.1, 0.15) is 17.3 Å². The molecule has 0 aliphatic heterocycles. The number of hydrogen-bond acceptors (Lipinski definition) is 7. The SMILES string of the molecule is COc1ccc2c(c1)nc(NCCCCNC(=O)Cc1ccco1)c1nnc(C)n12. The van der Waals surface area contributed by atoms with Crippen LogP contribution in [0.1, 0.15) is 24.4 Å². The van der Waals surface area contributed by atoms with Gasteiger partial charge in [0.15, 0.2) is 5.82 Å². The van der Waals surface area contributed by atoms with Crippen LogP contribution >= 0.6 is 0 Å². The summed E-state index contributed by atoms with van der Waals surface area (Å²) in [5.41, 5.74) is 2.42. The van der Waals surface area contributed by atoms with Gasteiger partial charge in [-0.3, -0.25) is 9.20 Å². The molecular weight excluding hydrogens is 384 g/mol. The van der Waals surface area contributed by atoms with Crippen molar-refractivity contribution in [3.8, 4) is 5.75 Å². The number of amides is 1. The molecule has 0 saturated carbocycles. The number of nitrogens with one attached hydrogen (secondary N) is 2. The Bertz CT molecular complexity index is 1150. The van der Waals surface area contributed by atoms with Gasteiger partial charge in [0.2, 0.25) is 11.6 Å². The number of methoxy groups -OCH3 is 1. The lowest BCUT2D eigenvalue weighted by molar-refractivity contribution is -0.120. The summed E-state index contributed by atoms with van der Waals surface area (Å²) in [4.78, 5) is 16.6. The fraction of sp³-hybridized carbons (Fsp3) is 0.333. The standard InChI is InChI=1S/C21H24N6O3/c1-14-25-26-21-20(24-17-12-15(29-2)7-8-18(17)27(14)21)23-10-4-3-9-22-19(28)13-16-6-5-11-30-16/h5-8,11-12H,3-4,9-10,13H2,1-2H3,(H,22,28)(H,23,24). The fourth-order valence-electron chi connectivity index (χ4n) is 3.32. The molecule has 4 rings (SSSR count). The van der Waals surface area contributed by atoms with Crippen molar-refractivity contribution in [3.05, 3.63) is 48.2 Å². The molecule has 0 bridgehead atoms. The Kier molecular flexibility index (Phi) is 5.78. The highest BCUT2D eigenvalue weighted by atomic mass is 16.5. The number of rotatable bonds is 9. The molecule has 0 aliphatic carbocycles. The highest BCUT2D eigenvalue weighted by Crippen LogP contribution is 2.24. The topological polar surface area (TPSA) is 107 Å². The zero-order chi connectivity index (χ0) is 20.9. The third kappa shape index (κ3) is 4.19. The molecule has 0 aliphatic rings. The number of hydrogen-bond donors (Lipinski definition) is 2. The maximum Gasteiger partial charge on any atom is 0.227 e. The molecule has 0 radical (unpaired) electrons. The molecule has 3 heterocycles. The van der Waals surface area contributed by atoms with Gasteiger partial charge >= 0.3 is 0 Å². The van der Waals surface area contributed by atoms with Gasteiger partial charge in [-0.1, -0.05) is 0 Å². The van der Waals surface area contributed by atoms with E-state index in [2.05, 4.69) is 20.8 Å². The van der Waals surface area contributed by atoms with Crippen LogP contribution in [0.2, 0.25) is 0 Å². The predicted molar refractivity (Wildman–Crippen MR) is 113 cm³/mol. The van der Waals surface area contributed by atoms with Crippen molar-refractivity contribution in [3.63, 3.8) is 0 Å². The van der Waals surface area contributed by atoms with Crippen LogP contribution < -0.4 is 15.4 Å². The molecule has 3 aromatic heterocycles. The summed E-state index contributed by atoms with van der Waals surface area (Å²) in [6.45, 7) is 3.24. The average Bonchev–Trinajstić information content (AvgIpc) is 3.40. The highest BCUT2D eigenvalue weighted by Gasteiger charge is 2.13. The van der Waals surface area contributed by atoms with E-state index in [9.17, 15) is 4.79 Å². The molecule has 9 heteroatoms. The molecule has 1 aromatic carbocycles. The van der Waals surface area contributed by atoms with Crippen molar-refractivity contribution in [2.75, 3.05) is 25.5 Å². The number of carbonyl (C=O) groups is 1. The van der Waals surface area contributed by atoms with Gasteiger partial charge in [0.05, 0.1) is 30.8 Å². The second-order valence-corrected chi connectivity index (χ2v) is 6.96. The number of carbonyl (C=O) groups excluding carboxylic acids is 1. The molecule has 30 heavy (non-hydrogen) atoms. The maximum atomic E-state index is 11.9. The fourth-order valence-corrected chi connectivity index (χ4v) is 3.32. The van der Waals surface area contributed by atoms with Gasteiger partial charge in [0, 0.05) is 19.2 Å². The lowest BCUT2D eigenvalue weighted by Crippen LogP contribution is -2.26. The molecule has 156 valence electrons. The van der Waals surface area contributed by atoms with E-state index in [0.29, 0.717) is 30.3 Å². The minimum absolute atomic E-state index is 0.0382. The number of anilines is 1. The van der Waals surface area contributed by atoms with Crippen molar-refractivity contribution < 1.29 is 13.9 Å². The van der Waals surface area contributed by atoms with E-state index in [4.69, 9.17) is 14.1 Å². The van der Waals surface area contributed by atoms with Crippen molar-refractivity contribution in [2.24, 2.45) is 0 Å². The van der Waals surface area contributed by atoms with E-state index in [-0.39, 0.29) is 12.3 Å². The summed E-state index contributed by atoms with van der Waals surface area (Å²) in [5, 5.41) is 14.7. The normalized spacial score (nSPS) is 11.1. The summed E-state index contributed by atoms with van der Waals surface area (Å²) < 4.78 is 12.5. The number of furan rings is 1. The zero-order valence-corrected chi connectivity index (χ0v) is 17.0. The molecular formula is C21H24N6O3.